The highest BCUT2D eigenvalue weighted by Crippen LogP contribution is 2.37. The lowest BCUT2D eigenvalue weighted by molar-refractivity contribution is -0.286. The van der Waals surface area contributed by atoms with Crippen molar-refractivity contribution in [2.45, 2.75) is 134 Å². The summed E-state index contributed by atoms with van der Waals surface area (Å²) in [5, 5.41) is 8.64. The second-order valence-electron chi connectivity index (χ2n) is 11.8. The van der Waals surface area contributed by atoms with Crippen LogP contribution in [0.3, 0.4) is 0 Å². The third-order valence-corrected chi connectivity index (χ3v) is 7.12. The molecule has 0 aromatic rings. The van der Waals surface area contributed by atoms with Crippen LogP contribution in [0.15, 0.2) is 0 Å². The van der Waals surface area contributed by atoms with E-state index in [0.29, 0.717) is 98.7 Å². The number of aliphatic hydroxyl groups is 1. The molecule has 0 aromatic heterocycles. The highest BCUT2D eigenvalue weighted by molar-refractivity contribution is 5.72. The number of hydrogen-bond acceptors (Lipinski definition) is 11. The lowest BCUT2D eigenvalue weighted by Gasteiger charge is -2.19. The van der Waals surface area contributed by atoms with Crippen molar-refractivity contribution in [3.8, 4) is 0 Å². The number of rotatable bonds is 34. The third kappa shape index (κ3) is 43.3. The molecule has 0 aliphatic heterocycles. The van der Waals surface area contributed by atoms with Crippen LogP contribution in [-0.2, 0) is 47.5 Å². The first-order valence-corrected chi connectivity index (χ1v) is 18.2. The summed E-state index contributed by atoms with van der Waals surface area (Å²) in [6.45, 7) is 14.8. The molecule has 0 aliphatic rings. The molecule has 0 radical (unpaired) electrons. The van der Waals surface area contributed by atoms with Crippen molar-refractivity contribution in [1.29, 1.82) is 0 Å². The lowest BCUT2D eigenvalue weighted by atomic mass is 10.1. The predicted octanol–water partition coefficient (Wildman–Crippen LogP) is 9.11. The van der Waals surface area contributed by atoms with E-state index in [0.717, 1.165) is 44.9 Å². The van der Waals surface area contributed by atoms with E-state index in [1.54, 1.807) is 6.92 Å². The zero-order chi connectivity index (χ0) is 38.6. The number of carbonyl (C=O) groups is 2. The molecule has 16 heteroatoms. The molecule has 0 fully saturated rings. The van der Waals surface area contributed by atoms with Crippen LogP contribution in [0.5, 0.6) is 0 Å². The summed E-state index contributed by atoms with van der Waals surface area (Å²) in [6.07, 6.45) is -0.0841. The molecule has 2 unspecified atom stereocenters. The van der Waals surface area contributed by atoms with Crippen LogP contribution in [0.4, 0.5) is 22.0 Å². The first kappa shape index (κ1) is 65.2. The van der Waals surface area contributed by atoms with E-state index < -0.39 is 37.0 Å². The minimum absolute atomic E-state index is 0. The van der Waals surface area contributed by atoms with Crippen LogP contribution in [0.25, 0.3) is 0 Å². The monoisotopic (exact) mass is 821 g/mol. The Morgan fingerprint density at radius 2 is 0.727 bits per heavy atom. The molecule has 2 atom stereocenters. The van der Waals surface area contributed by atoms with Crippen LogP contribution in [0.2, 0.25) is 0 Å². The molecule has 0 aromatic carbocycles. The number of esters is 2. The van der Waals surface area contributed by atoms with Crippen LogP contribution >= 0.6 is 0 Å². The van der Waals surface area contributed by atoms with Crippen LogP contribution < -0.4 is 0 Å². The molecule has 0 spiro atoms. The number of aliphatic hydroxyl groups excluding tert-OH is 1. The Bertz CT molecular complexity index is 794. The Hall–Kier alpha value is -1.69. The second-order valence-corrected chi connectivity index (χ2v) is 11.8. The van der Waals surface area contributed by atoms with E-state index >= 15 is 0 Å². The first-order valence-electron chi connectivity index (χ1n) is 18.2. The molecule has 0 bridgehead atoms. The second kappa shape index (κ2) is 45.0. The maximum absolute atomic E-state index is 12.3. The zero-order valence-electron chi connectivity index (χ0n) is 31.3. The van der Waals surface area contributed by atoms with Gasteiger partial charge >= 0.3 is 24.0 Å². The van der Waals surface area contributed by atoms with Gasteiger partial charge in [-0.3, -0.25) is 9.59 Å². The Balaban J connectivity index is -0.000000255. The van der Waals surface area contributed by atoms with Gasteiger partial charge in [0.1, 0.15) is 0 Å². The summed E-state index contributed by atoms with van der Waals surface area (Å²) < 4.78 is 102. The van der Waals surface area contributed by atoms with Gasteiger partial charge in [-0.15, -0.1) is 0 Å². The van der Waals surface area contributed by atoms with Gasteiger partial charge in [0.25, 0.3) is 0 Å². The zero-order valence-corrected chi connectivity index (χ0v) is 31.3. The van der Waals surface area contributed by atoms with Crippen molar-refractivity contribution in [3.05, 3.63) is 0 Å². The molecular formula is C39H81F5O11. The molecule has 55 heavy (non-hydrogen) atoms. The first-order chi connectivity index (χ1) is 24.3. The van der Waals surface area contributed by atoms with Crippen molar-refractivity contribution in [2.24, 2.45) is 11.8 Å². The van der Waals surface area contributed by atoms with Gasteiger partial charge in [0.05, 0.1) is 31.5 Å². The van der Waals surface area contributed by atoms with Gasteiger partial charge in [0, 0.05) is 92.3 Å². The predicted molar refractivity (Wildman–Crippen MR) is 208 cm³/mol. The van der Waals surface area contributed by atoms with E-state index in [9.17, 15) is 31.5 Å². The summed E-state index contributed by atoms with van der Waals surface area (Å²) in [5.74, 6) is -6.23. The van der Waals surface area contributed by atoms with Crippen molar-refractivity contribution < 1.29 is 74.5 Å². The fourth-order valence-corrected chi connectivity index (χ4v) is 3.47. The summed E-state index contributed by atoms with van der Waals surface area (Å²) in [5.41, 5.74) is 0. The Morgan fingerprint density at radius 1 is 0.473 bits per heavy atom. The summed E-state index contributed by atoms with van der Waals surface area (Å²) in [6, 6.07) is 0. The average Bonchev–Trinajstić information content (AvgIpc) is 3.10. The van der Waals surface area contributed by atoms with Gasteiger partial charge in [-0.1, -0.05) is 57.4 Å². The molecule has 0 saturated carbocycles. The fourth-order valence-electron chi connectivity index (χ4n) is 3.47. The molecular weight excluding hydrogens is 739 g/mol. The highest BCUT2D eigenvalue weighted by Gasteiger charge is 2.57. The molecule has 0 saturated heterocycles. The highest BCUT2D eigenvalue weighted by atomic mass is 19.4. The smallest absolute Gasteiger partial charge is 0.453 e. The summed E-state index contributed by atoms with van der Waals surface area (Å²) in [4.78, 5) is 22.5. The third-order valence-electron chi connectivity index (χ3n) is 7.12. The van der Waals surface area contributed by atoms with Crippen LogP contribution in [0, 0.1) is 11.8 Å². The van der Waals surface area contributed by atoms with E-state index in [1.807, 2.05) is 13.8 Å². The van der Waals surface area contributed by atoms with Gasteiger partial charge < -0.3 is 43.0 Å². The van der Waals surface area contributed by atoms with Crippen molar-refractivity contribution >= 4 is 11.9 Å². The van der Waals surface area contributed by atoms with Crippen LogP contribution in [0.1, 0.15) is 122 Å². The number of alkyl halides is 5. The lowest BCUT2D eigenvalue weighted by Crippen LogP contribution is -2.37. The number of carbonyl (C=O) groups excluding carboxylic acids is 2. The number of ether oxygens (including phenoxy) is 8. The largest absolute Gasteiger partial charge is 0.465 e. The summed E-state index contributed by atoms with van der Waals surface area (Å²) in [7, 11) is 0. The SMILES string of the molecule is C.C.C.C.CCC(C)C(=O)OCCC(F)(F)C(F)(F)F.CCC(C)C(=O)OCCCOCCCOCCCOCCCOCCCOCCCOCCCO. The van der Waals surface area contributed by atoms with Crippen molar-refractivity contribution in [3.63, 3.8) is 0 Å². The topological polar surface area (TPSA) is 128 Å². The average molecular weight is 821 g/mol. The van der Waals surface area contributed by atoms with Gasteiger partial charge in [-0.2, -0.15) is 22.0 Å². The van der Waals surface area contributed by atoms with Gasteiger partial charge in [-0.25, -0.2) is 0 Å². The normalized spacial score (nSPS) is 12.0. The standard InChI is InChI=1S/C26H52O9.C9H13F5O2.4CH4/c1-3-25(2)26(28)35-24-10-23-34-22-9-21-33-20-8-19-32-18-7-17-31-16-6-15-30-14-5-13-29-12-4-11-27;1-3-6(2)7(15)16-5-4-8(10,11)9(12,13)14;;;;/h25,27H,3-24H2,1-2H3;6H,3-5H2,1-2H3;4*1H4. The maximum atomic E-state index is 12.3. The van der Waals surface area contributed by atoms with E-state index in [2.05, 4.69) is 4.74 Å². The molecule has 0 heterocycles. The van der Waals surface area contributed by atoms with Crippen molar-refractivity contribution in [2.75, 3.05) is 99.1 Å². The van der Waals surface area contributed by atoms with E-state index in [4.69, 9.17) is 38.3 Å². The van der Waals surface area contributed by atoms with Gasteiger partial charge in [0.2, 0.25) is 0 Å². The fraction of sp³-hybridized carbons (Fsp3) is 0.949. The molecule has 0 rings (SSSR count). The quantitative estimate of drug-likeness (QED) is 0.0379. The van der Waals surface area contributed by atoms with E-state index in [-0.39, 0.29) is 48.2 Å². The van der Waals surface area contributed by atoms with Gasteiger partial charge in [-0.05, 0) is 51.4 Å². The minimum atomic E-state index is -5.60. The van der Waals surface area contributed by atoms with Crippen molar-refractivity contribution in [1.82, 2.24) is 0 Å². The molecule has 0 amide bonds. The molecule has 11 nitrogen and oxygen atoms in total. The molecule has 1 N–H and O–H groups in total. The van der Waals surface area contributed by atoms with E-state index in [1.165, 1.54) is 6.92 Å². The van der Waals surface area contributed by atoms with Crippen LogP contribution in [-0.4, -0.2) is 128 Å². The number of halogens is 5. The van der Waals surface area contributed by atoms with Gasteiger partial charge in [0.15, 0.2) is 0 Å². The Morgan fingerprint density at radius 3 is 0.982 bits per heavy atom. The molecule has 338 valence electrons. The number of hydrogen-bond donors (Lipinski definition) is 1. The Kier molecular flexibility index (Phi) is 53.3. The summed E-state index contributed by atoms with van der Waals surface area (Å²) >= 11 is 0. The maximum Gasteiger partial charge on any atom is 0.453 e. The molecule has 0 aliphatic carbocycles. The Labute approximate surface area is 330 Å². The minimum Gasteiger partial charge on any atom is -0.465 e.